The number of carbonyl (C=O) groups is 2. The molecule has 1 atom stereocenters. The van der Waals surface area contributed by atoms with E-state index in [4.69, 9.17) is 9.84 Å². The summed E-state index contributed by atoms with van der Waals surface area (Å²) in [6.07, 6.45) is 1.21. The van der Waals surface area contributed by atoms with Gasteiger partial charge >= 0.3 is 5.97 Å². The molecule has 1 fully saturated rings. The molecule has 1 aromatic heterocycles. The number of benzene rings is 1. The number of carboxylic acid groups (broad SMARTS) is 1. The lowest BCUT2D eigenvalue weighted by Gasteiger charge is -2.31. The monoisotopic (exact) mass is 288 g/mol. The molecule has 1 aromatic carbocycles. The molecule has 1 saturated heterocycles. The van der Waals surface area contributed by atoms with Crippen LogP contribution in [0.25, 0.3) is 10.9 Å². The highest BCUT2D eigenvalue weighted by atomic mass is 16.5. The van der Waals surface area contributed by atoms with E-state index in [0.717, 1.165) is 16.5 Å². The van der Waals surface area contributed by atoms with E-state index in [0.29, 0.717) is 6.54 Å². The van der Waals surface area contributed by atoms with Crippen molar-refractivity contribution in [1.82, 2.24) is 9.88 Å². The summed E-state index contributed by atoms with van der Waals surface area (Å²) < 4.78 is 5.12. The van der Waals surface area contributed by atoms with Crippen molar-refractivity contribution in [3.8, 4) is 0 Å². The van der Waals surface area contributed by atoms with E-state index < -0.39 is 12.1 Å². The first-order valence-electron chi connectivity index (χ1n) is 6.82. The number of H-pyrrole nitrogens is 1. The minimum Gasteiger partial charge on any atom is -0.479 e. The van der Waals surface area contributed by atoms with Gasteiger partial charge < -0.3 is 19.7 Å². The van der Waals surface area contributed by atoms with E-state index in [1.165, 1.54) is 0 Å². The number of hydrogen-bond donors (Lipinski definition) is 2. The zero-order valence-electron chi connectivity index (χ0n) is 11.4. The fourth-order valence-electron chi connectivity index (χ4n) is 2.52. The molecule has 0 aliphatic carbocycles. The molecule has 6 nitrogen and oxygen atoms in total. The predicted molar refractivity (Wildman–Crippen MR) is 76.0 cm³/mol. The molecular formula is C15H16N2O4. The minimum absolute atomic E-state index is 0.0700. The summed E-state index contributed by atoms with van der Waals surface area (Å²) in [5, 5.41) is 10.0. The van der Waals surface area contributed by atoms with Gasteiger partial charge in [0.2, 0.25) is 5.91 Å². The van der Waals surface area contributed by atoms with Crippen LogP contribution in [0.4, 0.5) is 0 Å². The van der Waals surface area contributed by atoms with Crippen LogP contribution in [0.15, 0.2) is 30.5 Å². The van der Waals surface area contributed by atoms with Crippen molar-refractivity contribution >= 4 is 22.8 Å². The molecule has 6 heteroatoms. The fraction of sp³-hybridized carbons (Fsp3) is 0.333. The molecule has 0 radical (unpaired) electrons. The van der Waals surface area contributed by atoms with E-state index in [1.807, 2.05) is 30.5 Å². The molecule has 2 aromatic rings. The lowest BCUT2D eigenvalue weighted by atomic mass is 10.1. The Balaban J connectivity index is 1.69. The molecule has 3 rings (SSSR count). The van der Waals surface area contributed by atoms with Crippen molar-refractivity contribution in [3.63, 3.8) is 0 Å². The number of nitrogens with zero attached hydrogens (tertiary/aromatic N) is 1. The summed E-state index contributed by atoms with van der Waals surface area (Å²) >= 11 is 0. The largest absolute Gasteiger partial charge is 0.479 e. The molecule has 1 unspecified atom stereocenters. The zero-order chi connectivity index (χ0) is 14.8. The Hall–Kier alpha value is -2.34. The molecule has 1 amide bonds. The first kappa shape index (κ1) is 13.6. The van der Waals surface area contributed by atoms with Crippen molar-refractivity contribution in [2.24, 2.45) is 0 Å². The summed E-state index contributed by atoms with van der Waals surface area (Å²) in [6.45, 7) is 0.815. The van der Waals surface area contributed by atoms with Gasteiger partial charge in [0.1, 0.15) is 0 Å². The van der Waals surface area contributed by atoms with Gasteiger partial charge in [0.25, 0.3) is 0 Å². The van der Waals surface area contributed by atoms with Crippen molar-refractivity contribution in [1.29, 1.82) is 0 Å². The lowest BCUT2D eigenvalue weighted by molar-refractivity contribution is -0.159. The second-order valence-corrected chi connectivity index (χ2v) is 5.11. The van der Waals surface area contributed by atoms with Crippen molar-refractivity contribution in [3.05, 3.63) is 36.0 Å². The maximum atomic E-state index is 12.3. The van der Waals surface area contributed by atoms with E-state index in [1.54, 1.807) is 4.90 Å². The fourth-order valence-corrected chi connectivity index (χ4v) is 2.52. The minimum atomic E-state index is -1.03. The standard InChI is InChI=1S/C15H16N2O4/c18-14(17-5-6-21-13(9-17)15(19)20)8-10-1-2-12-11(7-10)3-4-16-12/h1-4,7,13,16H,5-6,8-9H2,(H,19,20). The number of aromatic amines is 1. The van der Waals surface area contributed by atoms with Gasteiger partial charge in [0, 0.05) is 18.3 Å². The maximum absolute atomic E-state index is 12.3. The van der Waals surface area contributed by atoms with E-state index in [-0.39, 0.29) is 25.5 Å². The van der Waals surface area contributed by atoms with E-state index in [2.05, 4.69) is 4.98 Å². The number of carboxylic acids is 1. The highest BCUT2D eigenvalue weighted by molar-refractivity contribution is 5.84. The Morgan fingerprint density at radius 2 is 2.24 bits per heavy atom. The van der Waals surface area contributed by atoms with Gasteiger partial charge in [-0.05, 0) is 29.1 Å². The van der Waals surface area contributed by atoms with Crippen molar-refractivity contribution < 1.29 is 19.4 Å². The molecule has 1 aliphatic heterocycles. The Bertz CT molecular complexity index is 679. The summed E-state index contributed by atoms with van der Waals surface area (Å²) in [5.74, 6) is -1.10. The number of carbonyl (C=O) groups excluding carboxylic acids is 1. The van der Waals surface area contributed by atoms with Crippen LogP contribution >= 0.6 is 0 Å². The molecular weight excluding hydrogens is 272 g/mol. The average Bonchev–Trinajstić information content (AvgIpc) is 2.95. The Labute approximate surface area is 121 Å². The summed E-state index contributed by atoms with van der Waals surface area (Å²) in [4.78, 5) is 27.9. The van der Waals surface area contributed by atoms with Gasteiger partial charge in [-0.15, -0.1) is 0 Å². The number of nitrogens with one attached hydrogen (secondary N) is 1. The first-order valence-corrected chi connectivity index (χ1v) is 6.82. The highest BCUT2D eigenvalue weighted by Gasteiger charge is 2.28. The van der Waals surface area contributed by atoms with Crippen LogP contribution in [0.5, 0.6) is 0 Å². The molecule has 1 aliphatic rings. The topological polar surface area (TPSA) is 82.6 Å². The smallest absolute Gasteiger partial charge is 0.334 e. The van der Waals surface area contributed by atoms with Crippen molar-refractivity contribution in [2.75, 3.05) is 19.7 Å². The van der Waals surface area contributed by atoms with Crippen molar-refractivity contribution in [2.45, 2.75) is 12.5 Å². The number of fused-ring (bicyclic) bond motifs is 1. The van der Waals surface area contributed by atoms with Crippen LogP contribution in [0.2, 0.25) is 0 Å². The van der Waals surface area contributed by atoms with Gasteiger partial charge in [-0.2, -0.15) is 0 Å². The number of amides is 1. The normalized spacial score (nSPS) is 18.9. The van der Waals surface area contributed by atoms with Crippen LogP contribution < -0.4 is 0 Å². The second kappa shape index (κ2) is 5.57. The zero-order valence-corrected chi connectivity index (χ0v) is 11.4. The molecule has 0 saturated carbocycles. The van der Waals surface area contributed by atoms with Gasteiger partial charge in [-0.25, -0.2) is 4.79 Å². The Morgan fingerprint density at radius 3 is 3.05 bits per heavy atom. The second-order valence-electron chi connectivity index (χ2n) is 5.11. The molecule has 2 heterocycles. The third-order valence-corrected chi connectivity index (χ3v) is 3.67. The molecule has 2 N–H and O–H groups in total. The summed E-state index contributed by atoms with van der Waals surface area (Å²) in [7, 11) is 0. The maximum Gasteiger partial charge on any atom is 0.334 e. The van der Waals surface area contributed by atoms with Crippen LogP contribution in [-0.4, -0.2) is 52.7 Å². The van der Waals surface area contributed by atoms with Gasteiger partial charge in [0.05, 0.1) is 19.6 Å². The Kier molecular flexibility index (Phi) is 3.62. The number of morpholine rings is 1. The molecule has 0 spiro atoms. The number of aliphatic carboxylic acids is 1. The number of rotatable bonds is 3. The predicted octanol–water partition coefficient (Wildman–Crippen LogP) is 1.02. The third kappa shape index (κ3) is 2.90. The molecule has 0 bridgehead atoms. The average molecular weight is 288 g/mol. The number of aromatic nitrogens is 1. The summed E-state index contributed by atoms with van der Waals surface area (Å²) in [6, 6.07) is 7.78. The van der Waals surface area contributed by atoms with Crippen LogP contribution in [0, 0.1) is 0 Å². The van der Waals surface area contributed by atoms with E-state index >= 15 is 0 Å². The van der Waals surface area contributed by atoms with Gasteiger partial charge in [-0.1, -0.05) is 6.07 Å². The first-order chi connectivity index (χ1) is 10.1. The summed E-state index contributed by atoms with van der Waals surface area (Å²) in [5.41, 5.74) is 1.95. The third-order valence-electron chi connectivity index (χ3n) is 3.67. The van der Waals surface area contributed by atoms with Gasteiger partial charge in [-0.3, -0.25) is 4.79 Å². The van der Waals surface area contributed by atoms with Gasteiger partial charge in [0.15, 0.2) is 6.10 Å². The van der Waals surface area contributed by atoms with Crippen LogP contribution in [0.1, 0.15) is 5.56 Å². The quantitative estimate of drug-likeness (QED) is 0.883. The molecule has 21 heavy (non-hydrogen) atoms. The van der Waals surface area contributed by atoms with E-state index in [9.17, 15) is 9.59 Å². The molecule has 110 valence electrons. The van der Waals surface area contributed by atoms with Crippen LogP contribution in [0.3, 0.4) is 0 Å². The SMILES string of the molecule is O=C(O)C1CN(C(=O)Cc2ccc3[nH]ccc3c2)CCO1. The Morgan fingerprint density at radius 1 is 1.38 bits per heavy atom. The highest BCUT2D eigenvalue weighted by Crippen LogP contribution is 2.16. The van der Waals surface area contributed by atoms with Crippen LogP contribution in [-0.2, 0) is 20.7 Å². The number of hydrogen-bond acceptors (Lipinski definition) is 3. The number of ether oxygens (including phenoxy) is 1. The lowest BCUT2D eigenvalue weighted by Crippen LogP contribution is -2.49.